The quantitative estimate of drug-likeness (QED) is 0.0751. The number of aliphatic carboxylic acids is 1. The Morgan fingerprint density at radius 2 is 1.47 bits per heavy atom. The zero-order valence-corrected chi connectivity index (χ0v) is 18.3. The Hall–Kier alpha value is -1.48. The molecule has 34 heavy (non-hydrogen) atoms. The van der Waals surface area contributed by atoms with Crippen molar-refractivity contribution in [3.8, 4) is 0 Å². The third kappa shape index (κ3) is 13.4. The van der Waals surface area contributed by atoms with Crippen LogP contribution < -0.4 is 0 Å². The van der Waals surface area contributed by atoms with Crippen LogP contribution in [0.25, 0.3) is 0 Å². The molecule has 1 heterocycles. The average molecular weight is 528 g/mol. The first-order valence-electron chi connectivity index (χ1n) is 9.01. The van der Waals surface area contributed by atoms with Gasteiger partial charge >= 0.3 is 13.8 Å². The summed E-state index contributed by atoms with van der Waals surface area (Å²) in [5.41, 5.74) is 0. The van der Waals surface area contributed by atoms with Crippen molar-refractivity contribution in [2.75, 3.05) is 13.2 Å². The molecule has 1 rings (SSSR count). The minimum absolute atomic E-state index is 0.0258. The number of hydrogen-bond acceptors (Lipinski definition) is 15. The number of Topliss-reactive ketones (excluding diaryl/α,β-unsaturated/α-hetero) is 1. The SMILES string of the molecule is CC(=O)C(=O)O.O=C[C@H](O)[C@@H](O)[C@H](O)[C@H](O)CO.O=P(O)(O)OC[C@H]1O[C@H](O)[C@H](O)[C@@H](O)[C@@H]1O. The van der Waals surface area contributed by atoms with Crippen LogP contribution >= 0.6 is 7.82 Å². The van der Waals surface area contributed by atoms with Crippen molar-refractivity contribution in [2.45, 2.75) is 62.0 Å². The maximum absolute atomic E-state index is 10.4. The second kappa shape index (κ2) is 16.2. The molecule has 0 aromatic carbocycles. The monoisotopic (exact) mass is 528 g/mol. The summed E-state index contributed by atoms with van der Waals surface area (Å²) in [6, 6.07) is 0. The van der Waals surface area contributed by atoms with Crippen molar-refractivity contribution in [1.82, 2.24) is 0 Å². The van der Waals surface area contributed by atoms with Gasteiger partial charge in [0.05, 0.1) is 13.2 Å². The molecule has 1 fully saturated rings. The molecule has 0 aliphatic carbocycles. The number of carbonyl (C=O) groups is 3. The number of carbonyl (C=O) groups excluding carboxylic acids is 2. The molecule has 0 radical (unpaired) electrons. The Morgan fingerprint density at radius 3 is 1.82 bits per heavy atom. The topological polar surface area (TPSA) is 330 Å². The molecule has 18 nitrogen and oxygen atoms in total. The van der Waals surface area contributed by atoms with Gasteiger partial charge in [0.15, 0.2) is 12.6 Å². The molecule has 0 aromatic heterocycles. The van der Waals surface area contributed by atoms with Gasteiger partial charge in [0.25, 0.3) is 0 Å². The zero-order valence-electron chi connectivity index (χ0n) is 17.5. The number of phosphoric acid groups is 1. The number of carboxylic acid groups (broad SMARTS) is 1. The first-order chi connectivity index (χ1) is 15.4. The van der Waals surface area contributed by atoms with Gasteiger partial charge in [0.1, 0.15) is 48.8 Å². The van der Waals surface area contributed by atoms with Crippen molar-refractivity contribution in [3.05, 3.63) is 0 Å². The van der Waals surface area contributed by atoms with Crippen molar-refractivity contribution < 1.29 is 89.1 Å². The largest absolute Gasteiger partial charge is 0.476 e. The van der Waals surface area contributed by atoms with Crippen LogP contribution in [0, 0.1) is 0 Å². The number of aldehydes is 1. The molecule has 0 spiro atoms. The van der Waals surface area contributed by atoms with Crippen LogP contribution in [-0.4, -0.2) is 147 Å². The second-order valence-electron chi connectivity index (χ2n) is 6.54. The van der Waals surface area contributed by atoms with Crippen molar-refractivity contribution in [3.63, 3.8) is 0 Å². The van der Waals surface area contributed by atoms with E-state index in [1.165, 1.54) is 0 Å². The van der Waals surface area contributed by atoms with Crippen LogP contribution in [-0.2, 0) is 28.2 Å². The molecule has 202 valence electrons. The minimum atomic E-state index is -4.73. The summed E-state index contributed by atoms with van der Waals surface area (Å²) in [5, 5.41) is 87.9. The van der Waals surface area contributed by atoms with Crippen molar-refractivity contribution in [2.24, 2.45) is 0 Å². The minimum Gasteiger partial charge on any atom is -0.476 e. The number of aliphatic hydroxyl groups excluding tert-OH is 9. The molecule has 1 aliphatic heterocycles. The first kappa shape index (κ1) is 34.7. The van der Waals surface area contributed by atoms with Crippen LogP contribution in [0.3, 0.4) is 0 Å². The highest BCUT2D eigenvalue weighted by atomic mass is 31.2. The number of carboxylic acids is 1. The highest BCUT2D eigenvalue weighted by molar-refractivity contribution is 7.46. The van der Waals surface area contributed by atoms with Gasteiger partial charge in [-0.05, 0) is 0 Å². The van der Waals surface area contributed by atoms with E-state index in [2.05, 4.69) is 9.26 Å². The maximum atomic E-state index is 10.4. The summed E-state index contributed by atoms with van der Waals surface area (Å²) in [6.45, 7) is -0.488. The number of phosphoric ester groups is 1. The Balaban J connectivity index is 0. The number of aliphatic hydroxyl groups is 9. The molecule has 9 atom stereocenters. The van der Waals surface area contributed by atoms with E-state index in [1.807, 2.05) is 0 Å². The highest BCUT2D eigenvalue weighted by Crippen LogP contribution is 2.36. The van der Waals surface area contributed by atoms with Gasteiger partial charge in [0, 0.05) is 6.92 Å². The Labute approximate surface area is 191 Å². The normalized spacial score (nSPS) is 28.1. The van der Waals surface area contributed by atoms with Crippen LogP contribution in [0.4, 0.5) is 0 Å². The Bertz CT molecular complexity index is 656. The standard InChI is InChI=1S/C6H13O9P.C6H12O6.C3H4O3/c7-3-2(1-14-16(11,12)13)15-6(10)5(9)4(3)8;7-1-3(9)5(11)6(12)4(10)2-8;1-2(4)3(5)6/h2-10H,1H2,(H2,11,12,13);1,3-6,8-12H,2H2;1H3,(H,5,6)/t2-,3-,4+,5-,6+;3-,4+,5+,6+;/m10./s1. The van der Waals surface area contributed by atoms with Crippen LogP contribution in [0.2, 0.25) is 0 Å². The third-order valence-electron chi connectivity index (χ3n) is 3.82. The maximum Gasteiger partial charge on any atom is 0.469 e. The zero-order chi connectivity index (χ0) is 27.4. The summed E-state index contributed by atoms with van der Waals surface area (Å²) in [6.07, 6.45) is -14.9. The summed E-state index contributed by atoms with van der Waals surface area (Å²) < 4.78 is 19.0. The molecule has 0 unspecified atom stereocenters. The van der Waals surface area contributed by atoms with Crippen molar-refractivity contribution in [1.29, 1.82) is 0 Å². The molecular formula is C15H29O18P. The first-order valence-corrected chi connectivity index (χ1v) is 10.5. The summed E-state index contributed by atoms with van der Waals surface area (Å²) in [4.78, 5) is 45.6. The van der Waals surface area contributed by atoms with E-state index in [4.69, 9.17) is 50.6 Å². The Kier molecular flexibility index (Phi) is 16.6. The van der Waals surface area contributed by atoms with Crippen LogP contribution in [0.5, 0.6) is 0 Å². The fourth-order valence-electron chi connectivity index (χ4n) is 1.86. The van der Waals surface area contributed by atoms with Gasteiger partial charge in [-0.2, -0.15) is 0 Å². The predicted molar refractivity (Wildman–Crippen MR) is 102 cm³/mol. The molecule has 12 N–H and O–H groups in total. The lowest BCUT2D eigenvalue weighted by Gasteiger charge is -2.38. The van der Waals surface area contributed by atoms with E-state index in [1.54, 1.807) is 0 Å². The summed E-state index contributed by atoms with van der Waals surface area (Å²) in [5.74, 6) is -2.20. The fourth-order valence-corrected chi connectivity index (χ4v) is 2.20. The predicted octanol–water partition coefficient (Wildman–Crippen LogP) is -6.82. The van der Waals surface area contributed by atoms with E-state index in [0.29, 0.717) is 0 Å². The highest BCUT2D eigenvalue weighted by Gasteiger charge is 2.43. The number of ether oxygens (including phenoxy) is 1. The molecule has 0 amide bonds. The van der Waals surface area contributed by atoms with Gasteiger partial charge in [-0.1, -0.05) is 0 Å². The summed E-state index contributed by atoms with van der Waals surface area (Å²) >= 11 is 0. The van der Waals surface area contributed by atoms with Gasteiger partial charge in [-0.3, -0.25) is 9.32 Å². The molecule has 0 bridgehead atoms. The van der Waals surface area contributed by atoms with Crippen molar-refractivity contribution >= 4 is 25.9 Å². The number of ketones is 1. The van der Waals surface area contributed by atoms with Crippen LogP contribution in [0.15, 0.2) is 0 Å². The molecule has 0 aromatic rings. The van der Waals surface area contributed by atoms with Gasteiger partial charge in [-0.15, -0.1) is 0 Å². The van der Waals surface area contributed by atoms with E-state index < -0.39 is 87.9 Å². The molecule has 1 saturated heterocycles. The fraction of sp³-hybridized carbons (Fsp3) is 0.800. The van der Waals surface area contributed by atoms with E-state index in [9.17, 15) is 29.2 Å². The summed E-state index contributed by atoms with van der Waals surface area (Å²) in [7, 11) is -4.73. The molecule has 19 heteroatoms. The number of rotatable bonds is 9. The molecule has 1 aliphatic rings. The smallest absolute Gasteiger partial charge is 0.469 e. The molecule has 0 saturated carbocycles. The number of hydrogen-bond donors (Lipinski definition) is 12. The van der Waals surface area contributed by atoms with Crippen LogP contribution in [0.1, 0.15) is 6.92 Å². The second-order valence-corrected chi connectivity index (χ2v) is 7.78. The third-order valence-corrected chi connectivity index (χ3v) is 4.30. The van der Waals surface area contributed by atoms with Gasteiger partial charge < -0.3 is 70.4 Å². The Morgan fingerprint density at radius 1 is 1.00 bits per heavy atom. The lowest BCUT2D eigenvalue weighted by atomic mass is 10.00. The average Bonchev–Trinajstić information content (AvgIpc) is 2.77. The molecular weight excluding hydrogens is 499 g/mol. The lowest BCUT2D eigenvalue weighted by molar-refractivity contribution is -0.285. The van der Waals surface area contributed by atoms with Gasteiger partial charge in [0.2, 0.25) is 5.78 Å². The lowest BCUT2D eigenvalue weighted by Crippen LogP contribution is -2.58. The van der Waals surface area contributed by atoms with Gasteiger partial charge in [-0.25, -0.2) is 9.36 Å². The van der Waals surface area contributed by atoms with E-state index >= 15 is 0 Å². The van der Waals surface area contributed by atoms with E-state index in [0.717, 1.165) is 6.92 Å². The van der Waals surface area contributed by atoms with E-state index in [-0.39, 0.29) is 6.29 Å².